The molecule has 12 aromatic rings. The van der Waals surface area contributed by atoms with E-state index in [1.807, 2.05) is 30.8 Å². The van der Waals surface area contributed by atoms with E-state index in [9.17, 15) is 0 Å². The fourth-order valence-electron chi connectivity index (χ4n) is 12.0. The lowest BCUT2D eigenvalue weighted by molar-refractivity contribution is -0.660. The third-order valence-electron chi connectivity index (χ3n) is 17.9. The minimum atomic E-state index is -2.04. The molecular formula is C90H108N6+6. The molecule has 0 aliphatic rings. The average molecular weight is 1280 g/mol. The molecule has 0 unspecified atom stereocenters. The maximum Gasteiger partial charge on any atom is 0.213 e. The Bertz CT molecular complexity index is 4520. The highest BCUT2D eigenvalue weighted by atomic mass is 14.9. The van der Waals surface area contributed by atoms with Crippen molar-refractivity contribution < 1.29 is 31.5 Å². The Morgan fingerprint density at radius 2 is 0.479 bits per heavy atom. The van der Waals surface area contributed by atoms with Gasteiger partial charge >= 0.3 is 0 Å². The molecule has 6 heterocycles. The summed E-state index contributed by atoms with van der Waals surface area (Å²) in [6.45, 7) is 34.2. The van der Waals surface area contributed by atoms with Gasteiger partial charge in [-0.15, -0.1) is 0 Å². The van der Waals surface area contributed by atoms with Crippen LogP contribution in [0, 0.1) is 125 Å². The van der Waals surface area contributed by atoms with Gasteiger partial charge in [0.15, 0.2) is 37.2 Å². The molecule has 0 aliphatic heterocycles. The number of hydrogen-bond acceptors (Lipinski definition) is 0. The van der Waals surface area contributed by atoms with Crippen molar-refractivity contribution in [1.29, 1.82) is 0 Å². The number of pyridine rings is 6. The van der Waals surface area contributed by atoms with E-state index < -0.39 is 6.85 Å². The monoisotopic (exact) mass is 1280 g/mol. The first-order chi connectivity index (χ1) is 46.7. The number of rotatable bonds is 6. The zero-order valence-electron chi connectivity index (χ0n) is 65.0. The van der Waals surface area contributed by atoms with Crippen molar-refractivity contribution >= 4 is 0 Å². The molecule has 492 valence electrons. The van der Waals surface area contributed by atoms with Crippen LogP contribution < -0.4 is 27.4 Å². The van der Waals surface area contributed by atoms with Gasteiger partial charge in [0, 0.05) is 105 Å². The minimum Gasteiger partial charge on any atom is -0.201 e. The largest absolute Gasteiger partial charge is 0.213 e. The van der Waals surface area contributed by atoms with Gasteiger partial charge in [-0.1, -0.05) is 101 Å². The van der Waals surface area contributed by atoms with E-state index in [1.165, 1.54) is 145 Å². The molecule has 0 spiro atoms. The van der Waals surface area contributed by atoms with Gasteiger partial charge in [-0.25, -0.2) is 27.4 Å². The van der Waals surface area contributed by atoms with Crippen LogP contribution in [0.25, 0.3) is 67.5 Å². The first kappa shape index (κ1) is 69.1. The smallest absolute Gasteiger partial charge is 0.201 e. The van der Waals surface area contributed by atoms with Gasteiger partial charge in [0.05, 0.1) is 5.56 Å². The van der Waals surface area contributed by atoms with Gasteiger partial charge in [0.1, 0.15) is 42.3 Å². The lowest BCUT2D eigenvalue weighted by Gasteiger charge is -2.08. The summed E-state index contributed by atoms with van der Waals surface area (Å²) in [5, 5.41) is 0. The number of nitrogens with zero attached hydrogens (tertiary/aromatic N) is 6. The first-order valence-electron chi connectivity index (χ1n) is 35.0. The maximum absolute atomic E-state index is 7.45. The highest BCUT2D eigenvalue weighted by Crippen LogP contribution is 2.28. The summed E-state index contributed by atoms with van der Waals surface area (Å²) in [7, 11) is 12.5. The number of hydrogen-bond donors (Lipinski definition) is 0. The Hall–Kier alpha value is -9.78. The highest BCUT2D eigenvalue weighted by molar-refractivity contribution is 5.68. The first-order valence-corrected chi connectivity index (χ1v) is 33.5. The van der Waals surface area contributed by atoms with Crippen molar-refractivity contribution in [3.63, 3.8) is 0 Å². The molecule has 0 bridgehead atoms. The van der Waals surface area contributed by atoms with Crippen molar-refractivity contribution in [3.05, 3.63) is 319 Å². The topological polar surface area (TPSA) is 23.3 Å². The van der Waals surface area contributed by atoms with Crippen LogP contribution in [0.1, 0.15) is 104 Å². The van der Waals surface area contributed by atoms with Gasteiger partial charge in [-0.2, -0.15) is 0 Å². The quantitative estimate of drug-likeness (QED) is 0.148. The lowest BCUT2D eigenvalue weighted by Crippen LogP contribution is -2.30. The van der Waals surface area contributed by atoms with E-state index in [0.29, 0.717) is 5.56 Å². The summed E-state index contributed by atoms with van der Waals surface area (Å²) >= 11 is 0. The molecule has 0 radical (unpaired) electrons. The van der Waals surface area contributed by atoms with Crippen LogP contribution in [-0.4, -0.2) is 0 Å². The summed E-state index contributed by atoms with van der Waals surface area (Å²) < 4.78 is 35.3. The maximum atomic E-state index is 7.45. The summed E-state index contributed by atoms with van der Waals surface area (Å²) in [4.78, 5) is 0. The van der Waals surface area contributed by atoms with E-state index in [0.717, 1.165) is 16.8 Å². The third-order valence-corrected chi connectivity index (χ3v) is 17.9. The Morgan fingerprint density at radius 3 is 0.844 bits per heavy atom. The molecule has 0 saturated carbocycles. The van der Waals surface area contributed by atoms with Gasteiger partial charge in [0.2, 0.25) is 34.2 Å². The van der Waals surface area contributed by atoms with Gasteiger partial charge in [-0.3, -0.25) is 0 Å². The van der Waals surface area contributed by atoms with Crippen molar-refractivity contribution in [1.82, 2.24) is 0 Å². The van der Waals surface area contributed by atoms with E-state index in [1.54, 1.807) is 12.1 Å². The van der Waals surface area contributed by atoms with E-state index >= 15 is 0 Å². The second-order valence-electron chi connectivity index (χ2n) is 26.7. The lowest BCUT2D eigenvalue weighted by atomic mass is 9.98. The number of benzene rings is 6. The third kappa shape index (κ3) is 19.7. The molecule has 6 aromatic heterocycles. The Kier molecular flexibility index (Phi) is 24.1. The summed E-state index contributed by atoms with van der Waals surface area (Å²) in [6.07, 6.45) is 12.6. The fraction of sp³-hybridized carbons (Fsp3) is 0.267. The Balaban J connectivity index is 0.000000167. The zero-order chi connectivity index (χ0) is 72.7. The van der Waals surface area contributed by atoms with E-state index in [4.69, 9.17) is 4.11 Å². The van der Waals surface area contributed by atoms with Crippen LogP contribution in [0.2, 0.25) is 0 Å². The number of aromatic nitrogens is 6. The summed E-state index contributed by atoms with van der Waals surface area (Å²) in [5.74, 6) is 0. The molecule has 6 heteroatoms. The predicted octanol–water partition coefficient (Wildman–Crippen LogP) is 18.6. The Labute approximate surface area is 582 Å². The van der Waals surface area contributed by atoms with Gasteiger partial charge in [0.25, 0.3) is 0 Å². The van der Waals surface area contributed by atoms with Gasteiger partial charge in [-0.05, 0) is 233 Å². The molecule has 0 fully saturated rings. The van der Waals surface area contributed by atoms with Crippen LogP contribution in [-0.2, 0) is 42.3 Å². The van der Waals surface area contributed by atoms with Crippen molar-refractivity contribution in [2.45, 2.75) is 125 Å². The van der Waals surface area contributed by atoms with E-state index in [-0.39, 0.29) is 0 Å². The van der Waals surface area contributed by atoms with Crippen molar-refractivity contribution in [3.8, 4) is 67.5 Å². The highest BCUT2D eigenvalue weighted by Gasteiger charge is 2.19. The van der Waals surface area contributed by atoms with Crippen LogP contribution in [0.5, 0.6) is 0 Å². The van der Waals surface area contributed by atoms with Crippen LogP contribution in [0.15, 0.2) is 219 Å². The summed E-state index contributed by atoms with van der Waals surface area (Å²) in [5.41, 5.74) is 37.6. The van der Waals surface area contributed by atoms with Crippen LogP contribution >= 0.6 is 0 Å². The molecule has 0 atom stereocenters. The molecule has 6 nitrogen and oxygen atoms in total. The molecule has 0 amide bonds. The summed E-state index contributed by atoms with van der Waals surface area (Å²) in [6, 6.07) is 64.1. The molecule has 0 saturated heterocycles. The van der Waals surface area contributed by atoms with E-state index in [2.05, 4.69) is 364 Å². The number of aryl methyl sites for hydroxylation is 23. The fourth-order valence-corrected chi connectivity index (χ4v) is 12.0. The molecule has 0 N–H and O–H groups in total. The molecule has 0 aliphatic carbocycles. The normalized spacial score (nSPS) is 11.1. The SMILES string of the molecule is Cc1cc[n+](C)c(-c2c(C)cccc2C)c1.Cc1cc[n+](C)c(-c2cccc(C)c2C)c1.Cc1ccc(-c2cc(C)cc[n+]2C)c(C)c1.Cc1ccc(C)c(-c2cc(C)cc[n+]2C)c1.Cc1ccc(C)c(-c2cc(C)cc[n+]2C)c1.[2H]C([2H])([2H])c1ccc(-c2cc(C)cc[n+]2C)c(C)c1. The average Bonchev–Trinajstić information content (AvgIpc) is 0.841. The van der Waals surface area contributed by atoms with Crippen LogP contribution in [0.4, 0.5) is 0 Å². The van der Waals surface area contributed by atoms with Gasteiger partial charge < -0.3 is 0 Å². The van der Waals surface area contributed by atoms with Crippen LogP contribution in [0.3, 0.4) is 0 Å². The molecular weight excluding hydrogens is 1170 g/mol. The Morgan fingerprint density at radius 1 is 0.208 bits per heavy atom. The minimum absolute atomic E-state index is 0.393. The standard InChI is InChI=1S/6C15H18N/c2*1-11-5-6-14(13(3)9-11)15-10-12(2)7-8-16(15)4;2*1-11-5-6-13(3)14(9-11)15-10-12(2)7-8-16(15)4;1-11-8-9-16(4)15(10-11)14-7-5-6-12(2)13(14)3;1-11-8-9-16(4)14(10-11)15-12(2)6-5-7-13(15)3/h6*5-10H,1-4H3/q6*+1/i1D3;;;;;. The second kappa shape index (κ2) is 33.6. The molecule has 12 rings (SSSR count). The van der Waals surface area contributed by atoms with Crippen molar-refractivity contribution in [2.75, 3.05) is 0 Å². The molecule has 96 heavy (non-hydrogen) atoms. The zero-order valence-corrected chi connectivity index (χ0v) is 62.0. The predicted molar refractivity (Wildman–Crippen MR) is 404 cm³/mol. The second-order valence-corrected chi connectivity index (χ2v) is 26.7. The molecule has 6 aromatic carbocycles. The van der Waals surface area contributed by atoms with Crippen molar-refractivity contribution in [2.24, 2.45) is 42.3 Å².